The molecule has 0 radical (unpaired) electrons. The maximum Gasteiger partial charge on any atom is 0.244 e. The molecule has 4 rings (SSSR count). The Kier molecular flexibility index (Phi) is 6.22. The van der Waals surface area contributed by atoms with Crippen LogP contribution in [0.4, 0.5) is 11.4 Å². The second kappa shape index (κ2) is 8.03. The highest BCUT2D eigenvalue weighted by atomic mass is 35.5. The summed E-state index contributed by atoms with van der Waals surface area (Å²) in [6, 6.07) is 1.76. The molecule has 2 amide bonds. The SMILES string of the molecule is Cl.Cl.Cn1cc([C@H]2CNC[C@@H]2C(=O)N2CC(=O)Nc3cnccc32)cn1. The lowest BCUT2D eigenvalue weighted by Gasteiger charge is -2.31. The van der Waals surface area contributed by atoms with E-state index in [0.717, 1.165) is 12.1 Å². The van der Waals surface area contributed by atoms with Gasteiger partial charge < -0.3 is 15.5 Å². The lowest BCUT2D eigenvalue weighted by atomic mass is 9.89. The summed E-state index contributed by atoms with van der Waals surface area (Å²) >= 11 is 0. The summed E-state index contributed by atoms with van der Waals surface area (Å²) in [5, 5.41) is 10.3. The van der Waals surface area contributed by atoms with Gasteiger partial charge in [-0.1, -0.05) is 0 Å². The number of hydrogen-bond donors (Lipinski definition) is 2. The molecule has 2 aliphatic heterocycles. The van der Waals surface area contributed by atoms with E-state index >= 15 is 0 Å². The van der Waals surface area contributed by atoms with E-state index in [1.807, 2.05) is 13.2 Å². The molecular weight excluding hydrogens is 379 g/mol. The summed E-state index contributed by atoms with van der Waals surface area (Å²) in [7, 11) is 1.86. The maximum absolute atomic E-state index is 13.2. The third-order valence-electron chi connectivity index (χ3n) is 4.62. The first-order valence-corrected chi connectivity index (χ1v) is 7.88. The van der Waals surface area contributed by atoms with Gasteiger partial charge in [0.05, 0.1) is 29.7 Å². The number of aryl methyl sites for hydroxylation is 1. The fourth-order valence-corrected chi connectivity index (χ4v) is 3.45. The van der Waals surface area contributed by atoms with Crippen molar-refractivity contribution in [3.8, 4) is 0 Å². The van der Waals surface area contributed by atoms with E-state index in [-0.39, 0.29) is 55.0 Å². The van der Waals surface area contributed by atoms with Crippen LogP contribution in [0.3, 0.4) is 0 Å². The average Bonchev–Trinajstić information content (AvgIpc) is 3.21. The normalized spacial score (nSPS) is 21.3. The first-order valence-electron chi connectivity index (χ1n) is 7.88. The minimum Gasteiger partial charge on any atom is -0.321 e. The Balaban J connectivity index is 0.00000121. The van der Waals surface area contributed by atoms with Crippen LogP contribution in [0.5, 0.6) is 0 Å². The zero-order chi connectivity index (χ0) is 16.7. The molecule has 8 nitrogen and oxygen atoms in total. The van der Waals surface area contributed by atoms with Gasteiger partial charge in [-0.05, 0) is 11.6 Å². The highest BCUT2D eigenvalue weighted by Crippen LogP contribution is 2.34. The number of carbonyl (C=O) groups excluding carboxylic acids is 2. The quantitative estimate of drug-likeness (QED) is 0.785. The van der Waals surface area contributed by atoms with Gasteiger partial charge in [0.25, 0.3) is 0 Å². The Morgan fingerprint density at radius 1 is 1.27 bits per heavy atom. The third kappa shape index (κ3) is 3.53. The van der Waals surface area contributed by atoms with Gasteiger partial charge in [0.2, 0.25) is 11.8 Å². The average molecular weight is 399 g/mol. The van der Waals surface area contributed by atoms with Crippen LogP contribution >= 0.6 is 24.8 Å². The minimum atomic E-state index is -0.221. The number of amides is 2. The Morgan fingerprint density at radius 3 is 2.81 bits per heavy atom. The van der Waals surface area contributed by atoms with E-state index in [2.05, 4.69) is 20.7 Å². The molecule has 2 aromatic heterocycles. The van der Waals surface area contributed by atoms with Gasteiger partial charge in [-0.25, -0.2) is 0 Å². The van der Waals surface area contributed by atoms with Crippen LogP contribution < -0.4 is 15.5 Å². The van der Waals surface area contributed by atoms with Crippen molar-refractivity contribution in [2.24, 2.45) is 13.0 Å². The molecule has 1 saturated heterocycles. The number of rotatable bonds is 2. The number of fused-ring (bicyclic) bond motifs is 1. The molecule has 26 heavy (non-hydrogen) atoms. The predicted molar refractivity (Wildman–Crippen MR) is 102 cm³/mol. The van der Waals surface area contributed by atoms with Crippen molar-refractivity contribution in [2.45, 2.75) is 5.92 Å². The molecule has 1 fully saturated rings. The van der Waals surface area contributed by atoms with Crippen molar-refractivity contribution in [1.29, 1.82) is 0 Å². The van der Waals surface area contributed by atoms with Gasteiger partial charge in [0.1, 0.15) is 6.54 Å². The standard InChI is InChI=1S/C16H18N6O2.2ClH/c1-21-8-10(4-19-21)11-5-18-6-12(11)16(24)22-9-15(23)20-13-7-17-3-2-14(13)22;;/h2-4,7-8,11-12,18H,5-6,9H2,1H3,(H,20,23);2*1H/t11-,12+;;/m1../s1. The van der Waals surface area contributed by atoms with Crippen LogP contribution in [0, 0.1) is 5.92 Å². The Morgan fingerprint density at radius 2 is 2.08 bits per heavy atom. The maximum atomic E-state index is 13.2. The highest BCUT2D eigenvalue weighted by molar-refractivity contribution is 6.10. The molecular formula is C16H20Cl2N6O2. The number of nitrogens with one attached hydrogen (secondary N) is 2. The first-order chi connectivity index (χ1) is 11.6. The number of carbonyl (C=O) groups is 2. The second-order valence-electron chi connectivity index (χ2n) is 6.18. The highest BCUT2D eigenvalue weighted by Gasteiger charge is 2.39. The predicted octanol–water partition coefficient (Wildman–Crippen LogP) is 0.947. The van der Waals surface area contributed by atoms with Crippen LogP contribution in [-0.4, -0.2) is 46.2 Å². The Hall–Kier alpha value is -2.16. The van der Waals surface area contributed by atoms with Gasteiger partial charge >= 0.3 is 0 Å². The molecule has 4 heterocycles. The summed E-state index contributed by atoms with van der Waals surface area (Å²) in [5.41, 5.74) is 2.31. The number of nitrogens with zero attached hydrogens (tertiary/aromatic N) is 4. The molecule has 2 aromatic rings. The lowest BCUT2D eigenvalue weighted by molar-refractivity contribution is -0.124. The Labute approximate surface area is 163 Å². The minimum absolute atomic E-state index is 0. The molecule has 0 aliphatic carbocycles. The van der Waals surface area contributed by atoms with Gasteiger partial charge in [0.15, 0.2) is 0 Å². The summed E-state index contributed by atoms with van der Waals surface area (Å²) in [4.78, 5) is 30.7. The number of anilines is 2. The summed E-state index contributed by atoms with van der Waals surface area (Å²) in [6.45, 7) is 1.36. The monoisotopic (exact) mass is 398 g/mol. The molecule has 0 bridgehead atoms. The molecule has 10 heteroatoms. The number of halogens is 2. The van der Waals surface area contributed by atoms with Crippen molar-refractivity contribution < 1.29 is 9.59 Å². The smallest absolute Gasteiger partial charge is 0.244 e. The van der Waals surface area contributed by atoms with E-state index in [4.69, 9.17) is 0 Å². The van der Waals surface area contributed by atoms with Crippen LogP contribution in [0.25, 0.3) is 0 Å². The van der Waals surface area contributed by atoms with Crippen LogP contribution in [0.1, 0.15) is 11.5 Å². The van der Waals surface area contributed by atoms with Crippen molar-refractivity contribution in [1.82, 2.24) is 20.1 Å². The molecule has 0 unspecified atom stereocenters. The zero-order valence-electron chi connectivity index (χ0n) is 14.1. The van der Waals surface area contributed by atoms with Crippen LogP contribution in [-0.2, 0) is 16.6 Å². The molecule has 2 N–H and O–H groups in total. The van der Waals surface area contributed by atoms with E-state index in [9.17, 15) is 9.59 Å². The molecule has 0 aromatic carbocycles. The topological polar surface area (TPSA) is 92.2 Å². The van der Waals surface area contributed by atoms with E-state index < -0.39 is 0 Å². The second-order valence-corrected chi connectivity index (χ2v) is 6.18. The molecule has 0 spiro atoms. The molecule has 2 aliphatic rings. The van der Waals surface area contributed by atoms with Gasteiger partial charge in [-0.2, -0.15) is 5.10 Å². The fourth-order valence-electron chi connectivity index (χ4n) is 3.45. The van der Waals surface area contributed by atoms with E-state index in [0.29, 0.717) is 17.9 Å². The van der Waals surface area contributed by atoms with Crippen molar-refractivity contribution in [3.05, 3.63) is 36.4 Å². The van der Waals surface area contributed by atoms with Crippen molar-refractivity contribution in [2.75, 3.05) is 29.9 Å². The number of pyridine rings is 1. The van der Waals surface area contributed by atoms with Crippen LogP contribution in [0.2, 0.25) is 0 Å². The Bertz CT molecular complexity index is 812. The zero-order valence-corrected chi connectivity index (χ0v) is 15.7. The van der Waals surface area contributed by atoms with Crippen molar-refractivity contribution >= 4 is 48.0 Å². The summed E-state index contributed by atoms with van der Waals surface area (Å²) < 4.78 is 1.74. The van der Waals surface area contributed by atoms with Gasteiger partial charge in [-0.15, -0.1) is 24.8 Å². The molecule has 2 atom stereocenters. The lowest BCUT2D eigenvalue weighted by Crippen LogP contribution is -2.46. The van der Waals surface area contributed by atoms with Crippen LogP contribution in [0.15, 0.2) is 30.9 Å². The third-order valence-corrected chi connectivity index (χ3v) is 4.62. The fraction of sp³-hybridized carbons (Fsp3) is 0.375. The molecule has 0 saturated carbocycles. The number of aromatic nitrogens is 3. The van der Waals surface area contributed by atoms with E-state index in [1.54, 1.807) is 34.2 Å². The first kappa shape index (κ1) is 20.2. The largest absolute Gasteiger partial charge is 0.321 e. The number of hydrogen-bond acceptors (Lipinski definition) is 5. The van der Waals surface area contributed by atoms with Gasteiger partial charge in [0, 0.05) is 38.4 Å². The summed E-state index contributed by atoms with van der Waals surface area (Å²) in [5.74, 6) is -0.411. The van der Waals surface area contributed by atoms with Gasteiger partial charge in [-0.3, -0.25) is 19.3 Å². The van der Waals surface area contributed by atoms with Crippen molar-refractivity contribution in [3.63, 3.8) is 0 Å². The summed E-state index contributed by atoms with van der Waals surface area (Å²) in [6.07, 6.45) is 6.94. The van der Waals surface area contributed by atoms with E-state index in [1.165, 1.54) is 0 Å². The molecule has 140 valence electrons.